The highest BCUT2D eigenvalue weighted by Gasteiger charge is 2.16. The van der Waals surface area contributed by atoms with Crippen LogP contribution in [0.25, 0.3) is 0 Å². The summed E-state index contributed by atoms with van der Waals surface area (Å²) < 4.78 is 36.7. The Morgan fingerprint density at radius 3 is 2.30 bits per heavy atom. The molecular weight excluding hydrogens is 317 g/mol. The van der Waals surface area contributed by atoms with Crippen LogP contribution < -0.4 is 5.32 Å². The summed E-state index contributed by atoms with van der Waals surface area (Å²) in [4.78, 5) is 11.8. The Morgan fingerprint density at radius 2 is 1.65 bits per heavy atom. The summed E-state index contributed by atoms with van der Waals surface area (Å²) in [5, 5.41) is 2.45. The van der Waals surface area contributed by atoms with Gasteiger partial charge in [0.2, 0.25) is 5.91 Å². The molecule has 122 valence electrons. The zero-order valence-electron chi connectivity index (χ0n) is 12.5. The zero-order chi connectivity index (χ0) is 16.7. The standard InChI is InChI=1S/C17H18FNO3S/c18-15-8-10-16(11-9-15)19-17(20)13-23(21,22)12-4-7-14-5-2-1-3-6-14/h1-3,5-6,8-11H,4,7,12-13H2,(H,19,20). The van der Waals surface area contributed by atoms with Gasteiger partial charge in [-0.3, -0.25) is 4.79 Å². The van der Waals surface area contributed by atoms with Gasteiger partial charge in [0.15, 0.2) is 9.84 Å². The average molecular weight is 335 g/mol. The van der Waals surface area contributed by atoms with Crippen molar-refractivity contribution in [3.05, 3.63) is 66.0 Å². The minimum absolute atomic E-state index is 0.0429. The Hall–Kier alpha value is -2.21. The summed E-state index contributed by atoms with van der Waals surface area (Å²) in [7, 11) is -3.47. The number of halogens is 1. The van der Waals surface area contributed by atoms with Gasteiger partial charge < -0.3 is 5.32 Å². The zero-order valence-corrected chi connectivity index (χ0v) is 13.4. The third-order valence-corrected chi connectivity index (χ3v) is 4.86. The van der Waals surface area contributed by atoms with Crippen molar-refractivity contribution in [3.8, 4) is 0 Å². The SMILES string of the molecule is O=C(CS(=O)(=O)CCCc1ccccc1)Nc1ccc(F)cc1. The van der Waals surface area contributed by atoms with Crippen molar-refractivity contribution in [2.45, 2.75) is 12.8 Å². The number of aryl methyl sites for hydroxylation is 1. The number of carbonyl (C=O) groups excluding carboxylic acids is 1. The smallest absolute Gasteiger partial charge is 0.239 e. The number of sulfone groups is 1. The van der Waals surface area contributed by atoms with Gasteiger partial charge >= 0.3 is 0 Å². The van der Waals surface area contributed by atoms with Crippen LogP contribution in [0.3, 0.4) is 0 Å². The molecule has 0 fully saturated rings. The predicted molar refractivity (Wildman–Crippen MR) is 88.4 cm³/mol. The molecule has 0 aliphatic rings. The fourth-order valence-electron chi connectivity index (χ4n) is 2.14. The van der Waals surface area contributed by atoms with E-state index in [0.717, 1.165) is 5.56 Å². The summed E-state index contributed by atoms with van der Waals surface area (Å²) in [5.74, 6) is -1.65. The number of benzene rings is 2. The Balaban J connectivity index is 1.80. The minimum atomic E-state index is -3.47. The molecular formula is C17H18FNO3S. The molecule has 0 spiro atoms. The Bertz CT molecular complexity index is 743. The number of hydrogen-bond donors (Lipinski definition) is 1. The average Bonchev–Trinajstić information content (AvgIpc) is 2.50. The summed E-state index contributed by atoms with van der Waals surface area (Å²) in [5.41, 5.74) is 1.44. The van der Waals surface area contributed by atoms with E-state index >= 15 is 0 Å². The van der Waals surface area contributed by atoms with Gasteiger partial charge in [0.05, 0.1) is 5.75 Å². The van der Waals surface area contributed by atoms with Gasteiger partial charge in [-0.2, -0.15) is 0 Å². The van der Waals surface area contributed by atoms with E-state index in [0.29, 0.717) is 18.5 Å². The molecule has 1 N–H and O–H groups in total. The number of amides is 1. The van der Waals surface area contributed by atoms with Crippen molar-refractivity contribution in [3.63, 3.8) is 0 Å². The minimum Gasteiger partial charge on any atom is -0.325 e. The van der Waals surface area contributed by atoms with E-state index < -0.39 is 27.3 Å². The predicted octanol–water partition coefficient (Wildman–Crippen LogP) is 2.81. The molecule has 0 unspecified atom stereocenters. The Morgan fingerprint density at radius 1 is 1.00 bits per heavy atom. The number of hydrogen-bond acceptors (Lipinski definition) is 3. The lowest BCUT2D eigenvalue weighted by molar-refractivity contribution is -0.113. The highest BCUT2D eigenvalue weighted by atomic mass is 32.2. The molecule has 0 heterocycles. The van der Waals surface area contributed by atoms with Gasteiger partial charge in [-0.05, 0) is 42.7 Å². The molecule has 23 heavy (non-hydrogen) atoms. The maximum absolute atomic E-state index is 12.8. The Kier molecular flexibility index (Phi) is 5.87. The lowest BCUT2D eigenvalue weighted by Gasteiger charge is -2.06. The molecule has 0 atom stereocenters. The van der Waals surface area contributed by atoms with Crippen LogP contribution in [0, 0.1) is 5.82 Å². The fourth-order valence-corrected chi connectivity index (χ4v) is 3.34. The van der Waals surface area contributed by atoms with Crippen molar-refractivity contribution in [1.82, 2.24) is 0 Å². The largest absolute Gasteiger partial charge is 0.325 e. The first-order valence-corrected chi connectivity index (χ1v) is 9.06. The van der Waals surface area contributed by atoms with Crippen molar-refractivity contribution in [1.29, 1.82) is 0 Å². The van der Waals surface area contributed by atoms with Gasteiger partial charge in [0, 0.05) is 5.69 Å². The number of rotatable bonds is 7. The van der Waals surface area contributed by atoms with Crippen LogP contribution >= 0.6 is 0 Å². The molecule has 0 saturated carbocycles. The van der Waals surface area contributed by atoms with Gasteiger partial charge in [-0.25, -0.2) is 12.8 Å². The highest BCUT2D eigenvalue weighted by molar-refractivity contribution is 7.92. The number of carbonyl (C=O) groups is 1. The summed E-state index contributed by atoms with van der Waals surface area (Å²) in [6, 6.07) is 14.8. The quantitative estimate of drug-likeness (QED) is 0.846. The molecule has 0 bridgehead atoms. The molecule has 4 nitrogen and oxygen atoms in total. The highest BCUT2D eigenvalue weighted by Crippen LogP contribution is 2.09. The summed E-state index contributed by atoms with van der Waals surface area (Å²) >= 11 is 0. The van der Waals surface area contributed by atoms with E-state index in [4.69, 9.17) is 0 Å². The van der Waals surface area contributed by atoms with Crippen LogP contribution in [0.2, 0.25) is 0 Å². The van der Waals surface area contributed by atoms with Crippen LogP contribution in [0.4, 0.5) is 10.1 Å². The van der Waals surface area contributed by atoms with Crippen LogP contribution in [0.5, 0.6) is 0 Å². The lowest BCUT2D eigenvalue weighted by atomic mass is 10.1. The third kappa shape index (κ3) is 6.20. The molecule has 1 amide bonds. The van der Waals surface area contributed by atoms with Crippen LogP contribution in [-0.4, -0.2) is 25.8 Å². The second kappa shape index (κ2) is 7.87. The first-order chi connectivity index (χ1) is 10.9. The van der Waals surface area contributed by atoms with Crippen molar-refractivity contribution in [2.24, 2.45) is 0 Å². The van der Waals surface area contributed by atoms with Crippen molar-refractivity contribution < 1.29 is 17.6 Å². The normalized spacial score (nSPS) is 11.2. The van der Waals surface area contributed by atoms with E-state index in [2.05, 4.69) is 5.32 Å². The molecule has 0 radical (unpaired) electrons. The van der Waals surface area contributed by atoms with Crippen molar-refractivity contribution >= 4 is 21.4 Å². The van der Waals surface area contributed by atoms with E-state index in [9.17, 15) is 17.6 Å². The van der Waals surface area contributed by atoms with Gasteiger partial charge in [-0.1, -0.05) is 30.3 Å². The number of nitrogens with one attached hydrogen (secondary N) is 1. The molecule has 2 rings (SSSR count). The van der Waals surface area contributed by atoms with E-state index in [1.54, 1.807) is 0 Å². The maximum atomic E-state index is 12.8. The van der Waals surface area contributed by atoms with Crippen LogP contribution in [0.15, 0.2) is 54.6 Å². The van der Waals surface area contributed by atoms with Gasteiger partial charge in [0.25, 0.3) is 0 Å². The van der Waals surface area contributed by atoms with Crippen LogP contribution in [-0.2, 0) is 21.1 Å². The molecule has 6 heteroatoms. The lowest BCUT2D eigenvalue weighted by Crippen LogP contribution is -2.24. The fraction of sp³-hybridized carbons (Fsp3) is 0.235. The summed E-state index contributed by atoms with van der Waals surface area (Å²) in [6.07, 6.45) is 1.12. The maximum Gasteiger partial charge on any atom is 0.239 e. The summed E-state index contributed by atoms with van der Waals surface area (Å²) in [6.45, 7) is 0. The molecule has 0 aliphatic carbocycles. The monoisotopic (exact) mass is 335 g/mol. The third-order valence-electron chi connectivity index (χ3n) is 3.24. The molecule has 0 aromatic heterocycles. The molecule has 2 aromatic rings. The van der Waals surface area contributed by atoms with E-state index in [1.807, 2.05) is 30.3 Å². The van der Waals surface area contributed by atoms with E-state index in [-0.39, 0.29) is 5.75 Å². The second-order valence-corrected chi connectivity index (χ2v) is 7.42. The molecule has 0 aliphatic heterocycles. The Labute approximate surface area is 135 Å². The molecule has 2 aromatic carbocycles. The van der Waals surface area contributed by atoms with Gasteiger partial charge in [0.1, 0.15) is 11.6 Å². The molecule has 0 saturated heterocycles. The van der Waals surface area contributed by atoms with E-state index in [1.165, 1.54) is 24.3 Å². The van der Waals surface area contributed by atoms with Crippen molar-refractivity contribution in [2.75, 3.05) is 16.8 Å². The van der Waals surface area contributed by atoms with Crippen LogP contribution in [0.1, 0.15) is 12.0 Å². The number of anilines is 1. The topological polar surface area (TPSA) is 63.2 Å². The first-order valence-electron chi connectivity index (χ1n) is 7.24. The second-order valence-electron chi connectivity index (χ2n) is 5.24. The van der Waals surface area contributed by atoms with Gasteiger partial charge in [-0.15, -0.1) is 0 Å². The first kappa shape index (κ1) is 17.1.